The maximum absolute atomic E-state index is 13.2. The molecule has 5 heteroatoms. The Hall–Kier alpha value is -1.78. The molecule has 0 unspecified atom stereocenters. The summed E-state index contributed by atoms with van der Waals surface area (Å²) in [6.07, 6.45) is 0. The van der Waals surface area contributed by atoms with Crippen LogP contribution in [0.1, 0.15) is 17.3 Å². The first-order chi connectivity index (χ1) is 7.63. The van der Waals surface area contributed by atoms with Gasteiger partial charge in [-0.1, -0.05) is 0 Å². The van der Waals surface area contributed by atoms with E-state index in [9.17, 15) is 9.18 Å². The number of carbonyl (C=O) groups is 1. The quantitative estimate of drug-likeness (QED) is 0.739. The second kappa shape index (κ2) is 5.34. The summed E-state index contributed by atoms with van der Waals surface area (Å²) in [5.41, 5.74) is 0.0150. The number of methoxy groups -OCH3 is 2. The molecule has 0 N–H and O–H groups in total. The highest BCUT2D eigenvalue weighted by atomic mass is 19.1. The number of carbonyl (C=O) groups excluding carboxylic acids is 1. The fourth-order valence-corrected chi connectivity index (χ4v) is 1.28. The molecule has 0 aromatic heterocycles. The Morgan fingerprint density at radius 2 is 2.06 bits per heavy atom. The molecule has 0 fully saturated rings. The number of esters is 1. The maximum Gasteiger partial charge on any atom is 0.341 e. The average molecular weight is 228 g/mol. The summed E-state index contributed by atoms with van der Waals surface area (Å²) in [5.74, 6) is -0.887. The van der Waals surface area contributed by atoms with E-state index in [0.717, 1.165) is 12.1 Å². The van der Waals surface area contributed by atoms with E-state index in [1.165, 1.54) is 14.2 Å². The van der Waals surface area contributed by atoms with Crippen molar-refractivity contribution in [2.24, 2.45) is 0 Å². The third-order valence-electron chi connectivity index (χ3n) is 1.93. The highest BCUT2D eigenvalue weighted by Crippen LogP contribution is 2.32. The Balaban J connectivity index is 3.31. The van der Waals surface area contributed by atoms with Crippen molar-refractivity contribution in [1.82, 2.24) is 0 Å². The molecule has 0 saturated heterocycles. The predicted octanol–water partition coefficient (Wildman–Crippen LogP) is 2.02. The summed E-state index contributed by atoms with van der Waals surface area (Å²) in [4.78, 5) is 11.4. The van der Waals surface area contributed by atoms with E-state index in [1.54, 1.807) is 6.92 Å². The van der Waals surface area contributed by atoms with Crippen molar-refractivity contribution >= 4 is 5.97 Å². The van der Waals surface area contributed by atoms with Crippen LogP contribution in [0.3, 0.4) is 0 Å². The Morgan fingerprint density at radius 1 is 1.38 bits per heavy atom. The van der Waals surface area contributed by atoms with Gasteiger partial charge in [-0.25, -0.2) is 9.18 Å². The van der Waals surface area contributed by atoms with Gasteiger partial charge in [-0.05, 0) is 13.0 Å². The van der Waals surface area contributed by atoms with Gasteiger partial charge in [-0.3, -0.25) is 0 Å². The van der Waals surface area contributed by atoms with Gasteiger partial charge in [0.1, 0.15) is 11.4 Å². The molecule has 0 amide bonds. The number of hydrogen-bond donors (Lipinski definition) is 0. The molecule has 0 aliphatic heterocycles. The molecular formula is C11H13FO4. The van der Waals surface area contributed by atoms with Crippen molar-refractivity contribution in [3.63, 3.8) is 0 Å². The smallest absolute Gasteiger partial charge is 0.341 e. The Kier molecular flexibility index (Phi) is 4.10. The van der Waals surface area contributed by atoms with Gasteiger partial charge in [-0.2, -0.15) is 0 Å². The molecule has 1 rings (SSSR count). The van der Waals surface area contributed by atoms with Gasteiger partial charge < -0.3 is 14.2 Å². The molecule has 0 spiro atoms. The van der Waals surface area contributed by atoms with Gasteiger partial charge in [0.05, 0.1) is 20.8 Å². The van der Waals surface area contributed by atoms with Crippen molar-refractivity contribution in [1.29, 1.82) is 0 Å². The highest BCUT2D eigenvalue weighted by Gasteiger charge is 2.19. The van der Waals surface area contributed by atoms with Gasteiger partial charge >= 0.3 is 5.97 Å². The number of hydrogen-bond acceptors (Lipinski definition) is 4. The maximum atomic E-state index is 13.2. The van der Waals surface area contributed by atoms with E-state index in [4.69, 9.17) is 9.47 Å². The van der Waals surface area contributed by atoms with E-state index in [-0.39, 0.29) is 17.1 Å². The summed E-state index contributed by atoms with van der Waals surface area (Å²) in [6, 6.07) is 2.21. The lowest BCUT2D eigenvalue weighted by Gasteiger charge is -2.12. The minimum Gasteiger partial charge on any atom is -0.493 e. The molecule has 88 valence electrons. The van der Waals surface area contributed by atoms with Crippen molar-refractivity contribution in [2.75, 3.05) is 20.8 Å². The fourth-order valence-electron chi connectivity index (χ4n) is 1.28. The third-order valence-corrected chi connectivity index (χ3v) is 1.93. The molecule has 0 aliphatic rings. The summed E-state index contributed by atoms with van der Waals surface area (Å²) in [7, 11) is 2.59. The van der Waals surface area contributed by atoms with Crippen LogP contribution in [0.25, 0.3) is 0 Å². The minimum atomic E-state index is -0.666. The first kappa shape index (κ1) is 12.3. The van der Waals surface area contributed by atoms with Crippen molar-refractivity contribution in [2.45, 2.75) is 6.92 Å². The van der Waals surface area contributed by atoms with Crippen LogP contribution in [-0.2, 0) is 4.74 Å². The normalized spacial score (nSPS) is 9.75. The molecule has 0 aliphatic carbocycles. The van der Waals surface area contributed by atoms with Crippen LogP contribution in [-0.4, -0.2) is 26.8 Å². The molecule has 0 saturated carbocycles. The second-order valence-corrected chi connectivity index (χ2v) is 2.91. The third kappa shape index (κ3) is 2.42. The molecule has 1 aromatic rings. The summed E-state index contributed by atoms with van der Waals surface area (Å²) >= 11 is 0. The van der Waals surface area contributed by atoms with Gasteiger partial charge in [0.25, 0.3) is 0 Å². The van der Waals surface area contributed by atoms with Crippen LogP contribution in [0, 0.1) is 5.82 Å². The topological polar surface area (TPSA) is 44.8 Å². The average Bonchev–Trinajstić information content (AvgIpc) is 2.29. The van der Waals surface area contributed by atoms with Crippen LogP contribution >= 0.6 is 0 Å². The largest absolute Gasteiger partial charge is 0.493 e. The highest BCUT2D eigenvalue weighted by molar-refractivity contribution is 5.93. The number of ether oxygens (including phenoxy) is 3. The Labute approximate surface area is 92.9 Å². The van der Waals surface area contributed by atoms with Crippen molar-refractivity contribution in [3.05, 3.63) is 23.5 Å². The minimum absolute atomic E-state index is 0.0150. The summed E-state index contributed by atoms with van der Waals surface area (Å²) in [5, 5.41) is 0. The van der Waals surface area contributed by atoms with Crippen LogP contribution in [0.4, 0.5) is 4.39 Å². The second-order valence-electron chi connectivity index (χ2n) is 2.91. The van der Waals surface area contributed by atoms with E-state index >= 15 is 0 Å². The Bertz CT molecular complexity index is 390. The molecule has 1 aromatic carbocycles. The zero-order valence-corrected chi connectivity index (χ0v) is 9.37. The van der Waals surface area contributed by atoms with E-state index in [0.29, 0.717) is 6.61 Å². The molecular weight excluding hydrogens is 215 g/mol. The summed E-state index contributed by atoms with van der Waals surface area (Å²) < 4.78 is 27.9. The van der Waals surface area contributed by atoms with Gasteiger partial charge in [0.2, 0.25) is 0 Å². The van der Waals surface area contributed by atoms with Crippen LogP contribution in [0.5, 0.6) is 11.5 Å². The van der Waals surface area contributed by atoms with Crippen molar-refractivity contribution < 1.29 is 23.4 Å². The van der Waals surface area contributed by atoms with E-state index in [2.05, 4.69) is 4.74 Å². The van der Waals surface area contributed by atoms with Crippen LogP contribution in [0.2, 0.25) is 0 Å². The Morgan fingerprint density at radius 3 is 2.56 bits per heavy atom. The zero-order chi connectivity index (χ0) is 12.1. The molecule has 16 heavy (non-hydrogen) atoms. The van der Waals surface area contributed by atoms with Gasteiger partial charge in [-0.15, -0.1) is 0 Å². The van der Waals surface area contributed by atoms with E-state index < -0.39 is 11.8 Å². The van der Waals surface area contributed by atoms with E-state index in [1.807, 2.05) is 0 Å². The molecule has 0 radical (unpaired) electrons. The first-order valence-electron chi connectivity index (χ1n) is 4.72. The molecule has 0 atom stereocenters. The predicted molar refractivity (Wildman–Crippen MR) is 55.5 cm³/mol. The van der Waals surface area contributed by atoms with Gasteiger partial charge in [0.15, 0.2) is 11.5 Å². The van der Waals surface area contributed by atoms with Crippen LogP contribution < -0.4 is 9.47 Å². The molecule has 0 heterocycles. The number of rotatable bonds is 4. The standard InChI is InChI=1S/C11H13FO4/c1-4-16-10-8(11(13)15-3)5-7(12)6-9(10)14-2/h5-6H,4H2,1-3H3. The molecule has 4 nitrogen and oxygen atoms in total. The lowest BCUT2D eigenvalue weighted by atomic mass is 10.2. The fraction of sp³-hybridized carbons (Fsp3) is 0.364. The number of benzene rings is 1. The zero-order valence-electron chi connectivity index (χ0n) is 9.37. The number of halogens is 1. The van der Waals surface area contributed by atoms with Crippen LogP contribution in [0.15, 0.2) is 12.1 Å². The lowest BCUT2D eigenvalue weighted by Crippen LogP contribution is -2.07. The first-order valence-corrected chi connectivity index (χ1v) is 4.72. The van der Waals surface area contributed by atoms with Gasteiger partial charge in [0, 0.05) is 6.07 Å². The lowest BCUT2D eigenvalue weighted by molar-refractivity contribution is 0.0595. The monoisotopic (exact) mass is 228 g/mol. The van der Waals surface area contributed by atoms with Crippen molar-refractivity contribution in [3.8, 4) is 11.5 Å². The molecule has 0 bridgehead atoms. The summed E-state index contributed by atoms with van der Waals surface area (Å²) in [6.45, 7) is 2.09. The SMILES string of the molecule is CCOc1c(OC)cc(F)cc1C(=O)OC.